The van der Waals surface area contributed by atoms with Crippen molar-refractivity contribution in [2.45, 2.75) is 30.7 Å². The highest BCUT2D eigenvalue weighted by Gasteiger charge is 2.69. The van der Waals surface area contributed by atoms with Gasteiger partial charge in [0.15, 0.2) is 6.10 Å². The molecule has 0 bridgehead atoms. The summed E-state index contributed by atoms with van der Waals surface area (Å²) in [6.07, 6.45) is 1.06. The van der Waals surface area contributed by atoms with Crippen LogP contribution in [0, 0.1) is 5.41 Å². The normalized spacial score (nSPS) is 24.0. The molecule has 0 amide bonds. The predicted molar refractivity (Wildman–Crippen MR) is 85.3 cm³/mol. The molecule has 2 aromatic rings. The Morgan fingerprint density at radius 1 is 1.32 bits per heavy atom. The van der Waals surface area contributed by atoms with E-state index in [2.05, 4.69) is 4.98 Å². The summed E-state index contributed by atoms with van der Waals surface area (Å²) in [5.41, 5.74) is 0.420. The summed E-state index contributed by atoms with van der Waals surface area (Å²) in [4.78, 5) is 27.7. The van der Waals surface area contributed by atoms with E-state index in [0.717, 1.165) is 10.9 Å². The lowest BCUT2D eigenvalue weighted by molar-refractivity contribution is -0.152. The molecule has 1 heterocycles. The number of hydrogen-bond donors (Lipinski definition) is 1. The number of H-pyrrole nitrogens is 1. The van der Waals surface area contributed by atoms with Crippen molar-refractivity contribution in [2.24, 2.45) is 5.41 Å². The molecule has 1 aromatic heterocycles. The van der Waals surface area contributed by atoms with Crippen molar-refractivity contribution >= 4 is 45.9 Å². The molecular formula is C16H15Cl2NO3. The Balaban J connectivity index is 1.77. The number of para-hydroxylation sites is 1. The number of nitrogens with one attached hydrogen (secondary N) is 1. The fourth-order valence-corrected chi connectivity index (χ4v) is 3.15. The molecule has 0 saturated heterocycles. The third kappa shape index (κ3) is 2.31. The number of halogens is 2. The van der Waals surface area contributed by atoms with Gasteiger partial charge < -0.3 is 9.72 Å². The fourth-order valence-electron chi connectivity index (χ4n) is 2.46. The molecule has 1 N–H and O–H groups in total. The van der Waals surface area contributed by atoms with E-state index < -0.39 is 21.8 Å². The standard InChI is InChI=1S/C16H15Cl2NO3/c1-9(22-14(21)15(2)8-16(15,17)18)13(20)11-7-19-12-6-4-3-5-10(11)12/h3-7,9,19H,8H2,1-2H3/t9-,15-/m1/s1. The molecule has 1 aliphatic carbocycles. The molecule has 1 aromatic carbocycles. The summed E-state index contributed by atoms with van der Waals surface area (Å²) < 4.78 is 4.17. The van der Waals surface area contributed by atoms with Gasteiger partial charge in [0.1, 0.15) is 9.75 Å². The third-order valence-corrected chi connectivity index (χ3v) is 5.32. The molecule has 1 fully saturated rings. The van der Waals surface area contributed by atoms with Crippen LogP contribution in [-0.2, 0) is 9.53 Å². The zero-order valence-electron chi connectivity index (χ0n) is 12.2. The van der Waals surface area contributed by atoms with E-state index in [9.17, 15) is 9.59 Å². The number of ketones is 1. The molecule has 1 saturated carbocycles. The number of benzene rings is 1. The molecule has 2 atom stereocenters. The molecule has 0 aliphatic heterocycles. The number of aromatic nitrogens is 1. The quantitative estimate of drug-likeness (QED) is 0.522. The second-order valence-corrected chi connectivity index (χ2v) is 7.36. The van der Waals surface area contributed by atoms with Crippen molar-refractivity contribution in [3.05, 3.63) is 36.0 Å². The smallest absolute Gasteiger partial charge is 0.315 e. The van der Waals surface area contributed by atoms with Crippen LogP contribution in [-0.4, -0.2) is 27.2 Å². The van der Waals surface area contributed by atoms with Crippen LogP contribution in [0.25, 0.3) is 10.9 Å². The number of alkyl halides is 2. The number of Topliss-reactive ketones (excluding diaryl/α,β-unsaturated/α-hetero) is 1. The molecule has 0 radical (unpaired) electrons. The average Bonchev–Trinajstić information content (AvgIpc) is 2.85. The molecule has 116 valence electrons. The molecule has 0 spiro atoms. The number of ether oxygens (including phenoxy) is 1. The summed E-state index contributed by atoms with van der Waals surface area (Å²) in [5, 5.41) is 0.803. The third-order valence-electron chi connectivity index (χ3n) is 4.22. The minimum atomic E-state index is -1.10. The van der Waals surface area contributed by atoms with Gasteiger partial charge in [0, 0.05) is 29.1 Å². The van der Waals surface area contributed by atoms with Gasteiger partial charge in [0.05, 0.1) is 0 Å². The largest absolute Gasteiger partial charge is 0.454 e. The van der Waals surface area contributed by atoms with Gasteiger partial charge in [-0.2, -0.15) is 0 Å². The van der Waals surface area contributed by atoms with Crippen molar-refractivity contribution in [3.8, 4) is 0 Å². The first-order chi connectivity index (χ1) is 10.3. The van der Waals surface area contributed by atoms with E-state index in [4.69, 9.17) is 27.9 Å². The number of aromatic amines is 1. The zero-order valence-corrected chi connectivity index (χ0v) is 13.7. The van der Waals surface area contributed by atoms with Gasteiger partial charge in [-0.3, -0.25) is 9.59 Å². The van der Waals surface area contributed by atoms with Crippen LogP contribution in [0.4, 0.5) is 0 Å². The Hall–Kier alpha value is -1.52. The maximum absolute atomic E-state index is 12.5. The second kappa shape index (κ2) is 5.00. The molecule has 0 unspecified atom stereocenters. The van der Waals surface area contributed by atoms with Crippen LogP contribution in [0.2, 0.25) is 0 Å². The Morgan fingerprint density at radius 2 is 1.95 bits per heavy atom. The minimum absolute atomic E-state index is 0.259. The van der Waals surface area contributed by atoms with Crippen LogP contribution < -0.4 is 0 Å². The van der Waals surface area contributed by atoms with Gasteiger partial charge in [0.25, 0.3) is 0 Å². The van der Waals surface area contributed by atoms with Gasteiger partial charge in [-0.15, -0.1) is 23.2 Å². The Bertz CT molecular complexity index is 768. The number of carbonyl (C=O) groups is 2. The molecule has 6 heteroatoms. The zero-order chi connectivity index (χ0) is 16.1. The van der Waals surface area contributed by atoms with E-state index in [1.54, 1.807) is 20.0 Å². The van der Waals surface area contributed by atoms with E-state index in [0.29, 0.717) is 12.0 Å². The summed E-state index contributed by atoms with van der Waals surface area (Å²) >= 11 is 11.9. The highest BCUT2D eigenvalue weighted by Crippen LogP contribution is 2.64. The van der Waals surface area contributed by atoms with Crippen molar-refractivity contribution in [1.82, 2.24) is 4.98 Å². The van der Waals surface area contributed by atoms with Gasteiger partial charge in [-0.1, -0.05) is 18.2 Å². The summed E-state index contributed by atoms with van der Waals surface area (Å²) in [7, 11) is 0. The van der Waals surface area contributed by atoms with E-state index in [-0.39, 0.29) is 5.78 Å². The molecular weight excluding hydrogens is 325 g/mol. The van der Waals surface area contributed by atoms with Crippen LogP contribution >= 0.6 is 23.2 Å². The number of esters is 1. The summed E-state index contributed by atoms with van der Waals surface area (Å²) in [5.74, 6) is -0.803. The lowest BCUT2D eigenvalue weighted by Crippen LogP contribution is -2.30. The summed E-state index contributed by atoms with van der Waals surface area (Å²) in [6.45, 7) is 3.19. The summed E-state index contributed by atoms with van der Waals surface area (Å²) in [6, 6.07) is 7.46. The first-order valence-electron chi connectivity index (χ1n) is 6.95. The van der Waals surface area contributed by atoms with Crippen molar-refractivity contribution in [1.29, 1.82) is 0 Å². The maximum Gasteiger partial charge on any atom is 0.315 e. The average molecular weight is 340 g/mol. The van der Waals surface area contributed by atoms with Crippen LogP contribution in [0.15, 0.2) is 30.5 Å². The van der Waals surface area contributed by atoms with Gasteiger partial charge >= 0.3 is 5.97 Å². The highest BCUT2D eigenvalue weighted by atomic mass is 35.5. The SMILES string of the molecule is C[C@@H](OC(=O)[C@@]1(C)CC1(Cl)Cl)C(=O)c1c[nH]c2ccccc12. The Morgan fingerprint density at radius 3 is 2.59 bits per heavy atom. The first-order valence-corrected chi connectivity index (χ1v) is 7.71. The molecule has 3 rings (SSSR count). The van der Waals surface area contributed by atoms with Gasteiger partial charge in [-0.05, 0) is 19.9 Å². The maximum atomic E-state index is 12.5. The lowest BCUT2D eigenvalue weighted by atomic mass is 10.1. The van der Waals surface area contributed by atoms with Crippen LogP contribution in [0.5, 0.6) is 0 Å². The topological polar surface area (TPSA) is 59.2 Å². The predicted octanol–water partition coefficient (Wildman–Crippen LogP) is 3.87. The van der Waals surface area contributed by atoms with Crippen LogP contribution in [0.1, 0.15) is 30.6 Å². The Labute approximate surface area is 137 Å². The van der Waals surface area contributed by atoms with Crippen molar-refractivity contribution < 1.29 is 14.3 Å². The monoisotopic (exact) mass is 339 g/mol. The van der Waals surface area contributed by atoms with Gasteiger partial charge in [-0.25, -0.2) is 0 Å². The molecule has 22 heavy (non-hydrogen) atoms. The number of rotatable bonds is 4. The fraction of sp³-hybridized carbons (Fsp3) is 0.375. The van der Waals surface area contributed by atoms with E-state index >= 15 is 0 Å². The highest BCUT2D eigenvalue weighted by molar-refractivity contribution is 6.53. The van der Waals surface area contributed by atoms with E-state index in [1.807, 2.05) is 24.3 Å². The second-order valence-electron chi connectivity index (χ2n) is 5.87. The molecule has 1 aliphatic rings. The number of carbonyl (C=O) groups excluding carboxylic acids is 2. The first kappa shape index (κ1) is 15.4. The Kier molecular flexibility index (Phi) is 3.49. The van der Waals surface area contributed by atoms with Crippen molar-refractivity contribution in [3.63, 3.8) is 0 Å². The van der Waals surface area contributed by atoms with E-state index in [1.165, 1.54) is 0 Å². The van der Waals surface area contributed by atoms with Crippen molar-refractivity contribution in [2.75, 3.05) is 0 Å². The number of fused-ring (bicyclic) bond motifs is 1. The minimum Gasteiger partial charge on any atom is -0.454 e. The lowest BCUT2D eigenvalue weighted by Gasteiger charge is -2.16. The number of hydrogen-bond acceptors (Lipinski definition) is 3. The molecule has 4 nitrogen and oxygen atoms in total. The van der Waals surface area contributed by atoms with Crippen LogP contribution in [0.3, 0.4) is 0 Å². The van der Waals surface area contributed by atoms with Gasteiger partial charge in [0.2, 0.25) is 5.78 Å².